The Bertz CT molecular complexity index is 368. The Balaban J connectivity index is 2.63. The van der Waals surface area contributed by atoms with Crippen LogP contribution in [-0.4, -0.2) is 50.5 Å². The van der Waals surface area contributed by atoms with Crippen LogP contribution < -0.4 is 9.47 Å². The Hall–Kier alpha value is -1.26. The molecule has 18 heavy (non-hydrogen) atoms. The van der Waals surface area contributed by atoms with Crippen LogP contribution in [0.4, 0.5) is 0 Å². The van der Waals surface area contributed by atoms with Gasteiger partial charge >= 0.3 is 0 Å². The van der Waals surface area contributed by atoms with Gasteiger partial charge in [0.2, 0.25) is 0 Å². The second-order valence-electron chi connectivity index (χ2n) is 4.45. The van der Waals surface area contributed by atoms with Gasteiger partial charge in [-0.15, -0.1) is 0 Å². The predicted molar refractivity (Wildman–Crippen MR) is 72.4 cm³/mol. The van der Waals surface area contributed by atoms with Crippen LogP contribution in [-0.2, 0) is 6.42 Å². The van der Waals surface area contributed by atoms with Crippen molar-refractivity contribution in [1.82, 2.24) is 4.90 Å². The van der Waals surface area contributed by atoms with Gasteiger partial charge in [0.1, 0.15) is 0 Å². The fourth-order valence-electron chi connectivity index (χ4n) is 1.70. The zero-order valence-electron chi connectivity index (χ0n) is 11.6. The number of hydrogen-bond donors (Lipinski definition) is 1. The molecule has 0 saturated heterocycles. The molecule has 0 spiro atoms. The molecule has 4 heteroatoms. The summed E-state index contributed by atoms with van der Waals surface area (Å²) in [6.45, 7) is 3.09. The summed E-state index contributed by atoms with van der Waals surface area (Å²) in [6, 6.07) is 6.14. The third kappa shape index (κ3) is 3.89. The fraction of sp³-hybridized carbons (Fsp3) is 0.571. The summed E-state index contributed by atoms with van der Waals surface area (Å²) in [5.74, 6) is 1.51. The standard InChI is InChI=1S/C14H23NO3/c1-11(10-16)15(2)8-7-12-5-6-13(17-3)14(9-12)18-4/h5-6,9,11,16H,7-8,10H2,1-4H3. The van der Waals surface area contributed by atoms with Crippen molar-refractivity contribution in [1.29, 1.82) is 0 Å². The highest BCUT2D eigenvalue weighted by Crippen LogP contribution is 2.27. The number of hydrogen-bond acceptors (Lipinski definition) is 4. The molecule has 0 fully saturated rings. The van der Waals surface area contributed by atoms with E-state index in [4.69, 9.17) is 14.6 Å². The molecule has 1 N–H and O–H groups in total. The Morgan fingerprint density at radius 1 is 1.22 bits per heavy atom. The number of methoxy groups -OCH3 is 2. The number of aliphatic hydroxyl groups is 1. The molecule has 1 aromatic rings. The Morgan fingerprint density at radius 2 is 1.89 bits per heavy atom. The van der Waals surface area contributed by atoms with E-state index in [0.717, 1.165) is 24.5 Å². The van der Waals surface area contributed by atoms with E-state index in [0.29, 0.717) is 0 Å². The maximum absolute atomic E-state index is 9.07. The van der Waals surface area contributed by atoms with E-state index < -0.39 is 0 Å². The molecule has 0 aromatic heterocycles. The minimum Gasteiger partial charge on any atom is -0.493 e. The molecule has 4 nitrogen and oxygen atoms in total. The van der Waals surface area contributed by atoms with E-state index in [1.54, 1.807) is 14.2 Å². The fourth-order valence-corrected chi connectivity index (χ4v) is 1.70. The first-order valence-electron chi connectivity index (χ1n) is 6.14. The Kier molecular flexibility index (Phi) is 5.95. The third-order valence-corrected chi connectivity index (χ3v) is 3.22. The van der Waals surface area contributed by atoms with E-state index in [1.165, 1.54) is 5.56 Å². The van der Waals surface area contributed by atoms with Crippen molar-refractivity contribution in [3.8, 4) is 11.5 Å². The highest BCUT2D eigenvalue weighted by molar-refractivity contribution is 5.42. The summed E-state index contributed by atoms with van der Waals surface area (Å²) < 4.78 is 10.5. The van der Waals surface area contributed by atoms with E-state index in [1.807, 2.05) is 32.2 Å². The van der Waals surface area contributed by atoms with Gasteiger partial charge in [0.15, 0.2) is 11.5 Å². The van der Waals surface area contributed by atoms with Crippen molar-refractivity contribution in [2.75, 3.05) is 34.4 Å². The molecule has 0 aliphatic heterocycles. The molecule has 0 radical (unpaired) electrons. The third-order valence-electron chi connectivity index (χ3n) is 3.22. The molecule has 102 valence electrons. The molecular formula is C14H23NO3. The molecule has 0 heterocycles. The van der Waals surface area contributed by atoms with Gasteiger partial charge in [-0.3, -0.25) is 0 Å². The average Bonchev–Trinajstić information content (AvgIpc) is 2.43. The summed E-state index contributed by atoms with van der Waals surface area (Å²) >= 11 is 0. The van der Waals surface area contributed by atoms with Crippen molar-refractivity contribution in [3.63, 3.8) is 0 Å². The zero-order chi connectivity index (χ0) is 13.5. The van der Waals surface area contributed by atoms with Gasteiger partial charge in [0.25, 0.3) is 0 Å². The number of ether oxygens (including phenoxy) is 2. The SMILES string of the molecule is COc1ccc(CCN(C)C(C)CO)cc1OC. The quantitative estimate of drug-likeness (QED) is 0.800. The molecule has 0 bridgehead atoms. The molecular weight excluding hydrogens is 230 g/mol. The van der Waals surface area contributed by atoms with Crippen molar-refractivity contribution < 1.29 is 14.6 Å². The van der Waals surface area contributed by atoms with Gasteiger partial charge in [0.05, 0.1) is 20.8 Å². The summed E-state index contributed by atoms with van der Waals surface area (Å²) in [5, 5.41) is 9.07. The van der Waals surface area contributed by atoms with Crippen molar-refractivity contribution in [3.05, 3.63) is 23.8 Å². The topological polar surface area (TPSA) is 41.9 Å². The molecule has 1 atom stereocenters. The van der Waals surface area contributed by atoms with Crippen LogP contribution in [0, 0.1) is 0 Å². The smallest absolute Gasteiger partial charge is 0.160 e. The first kappa shape index (κ1) is 14.8. The summed E-state index contributed by atoms with van der Waals surface area (Å²) in [6.07, 6.45) is 0.918. The van der Waals surface area contributed by atoms with Crippen molar-refractivity contribution in [2.24, 2.45) is 0 Å². The Labute approximate surface area is 109 Å². The minimum atomic E-state index is 0.183. The second-order valence-corrected chi connectivity index (χ2v) is 4.45. The van der Waals surface area contributed by atoms with Gasteiger partial charge in [-0.25, -0.2) is 0 Å². The summed E-state index contributed by atoms with van der Waals surface area (Å²) in [5.41, 5.74) is 1.20. The molecule has 0 aliphatic carbocycles. The van der Waals surface area contributed by atoms with Crippen molar-refractivity contribution in [2.45, 2.75) is 19.4 Å². The normalized spacial score (nSPS) is 12.6. The molecule has 1 unspecified atom stereocenters. The van der Waals surface area contributed by atoms with Crippen LogP contribution in [0.3, 0.4) is 0 Å². The van der Waals surface area contributed by atoms with E-state index in [2.05, 4.69) is 4.90 Å². The lowest BCUT2D eigenvalue weighted by Crippen LogP contribution is -2.33. The average molecular weight is 253 g/mol. The highest BCUT2D eigenvalue weighted by atomic mass is 16.5. The lowest BCUT2D eigenvalue weighted by Gasteiger charge is -2.22. The Morgan fingerprint density at radius 3 is 2.44 bits per heavy atom. The second kappa shape index (κ2) is 7.24. The highest BCUT2D eigenvalue weighted by Gasteiger charge is 2.09. The summed E-state index contributed by atoms with van der Waals surface area (Å²) in [7, 11) is 5.29. The van der Waals surface area contributed by atoms with Gasteiger partial charge in [-0.2, -0.15) is 0 Å². The molecule has 1 aromatic carbocycles. The predicted octanol–water partition coefficient (Wildman–Crippen LogP) is 1.56. The van der Waals surface area contributed by atoms with E-state index >= 15 is 0 Å². The van der Waals surface area contributed by atoms with Crippen LogP contribution >= 0.6 is 0 Å². The van der Waals surface area contributed by atoms with Gasteiger partial charge < -0.3 is 19.5 Å². The zero-order valence-corrected chi connectivity index (χ0v) is 11.6. The summed E-state index contributed by atoms with van der Waals surface area (Å²) in [4.78, 5) is 2.14. The first-order chi connectivity index (χ1) is 8.62. The van der Waals surface area contributed by atoms with Crippen LogP contribution in [0.1, 0.15) is 12.5 Å². The lowest BCUT2D eigenvalue weighted by atomic mass is 10.1. The van der Waals surface area contributed by atoms with Gasteiger partial charge in [-0.05, 0) is 38.1 Å². The van der Waals surface area contributed by atoms with Crippen molar-refractivity contribution >= 4 is 0 Å². The number of aliphatic hydroxyl groups excluding tert-OH is 1. The van der Waals surface area contributed by atoms with Gasteiger partial charge in [0, 0.05) is 12.6 Å². The number of nitrogens with zero attached hydrogens (tertiary/aromatic N) is 1. The maximum Gasteiger partial charge on any atom is 0.160 e. The number of likely N-dealkylation sites (N-methyl/N-ethyl adjacent to an activating group) is 1. The minimum absolute atomic E-state index is 0.183. The molecule has 1 rings (SSSR count). The lowest BCUT2D eigenvalue weighted by molar-refractivity contribution is 0.160. The van der Waals surface area contributed by atoms with Crippen LogP contribution in [0.15, 0.2) is 18.2 Å². The maximum atomic E-state index is 9.07. The largest absolute Gasteiger partial charge is 0.493 e. The van der Waals surface area contributed by atoms with Crippen LogP contribution in [0.5, 0.6) is 11.5 Å². The van der Waals surface area contributed by atoms with Crippen LogP contribution in [0.25, 0.3) is 0 Å². The van der Waals surface area contributed by atoms with E-state index in [9.17, 15) is 0 Å². The monoisotopic (exact) mass is 253 g/mol. The molecule has 0 aliphatic rings. The number of benzene rings is 1. The first-order valence-corrected chi connectivity index (χ1v) is 6.14. The van der Waals surface area contributed by atoms with Crippen LogP contribution in [0.2, 0.25) is 0 Å². The number of rotatable bonds is 7. The van der Waals surface area contributed by atoms with Gasteiger partial charge in [-0.1, -0.05) is 6.07 Å². The van der Waals surface area contributed by atoms with E-state index in [-0.39, 0.29) is 12.6 Å². The molecule has 0 amide bonds. The molecule has 0 saturated carbocycles.